The minimum absolute atomic E-state index is 0.0492. The molecule has 1 N–H and O–H groups in total. The van der Waals surface area contributed by atoms with Crippen LogP contribution in [-0.2, 0) is 10.8 Å². The van der Waals surface area contributed by atoms with Gasteiger partial charge in [0.1, 0.15) is 5.75 Å². The van der Waals surface area contributed by atoms with Gasteiger partial charge in [-0.1, -0.05) is 90.1 Å². The number of benzene rings is 4. The maximum Gasteiger partial charge on any atom is 0.119 e. The standard InChI is InChI=1S/C34H41NO2S/c1-21(2)26-19-31(22(3)4)34(32(20-26)23(5)6)38(36)33-29(18-13-25-11-9-10-12-30(25)33)24(7)35-27-14-16-28(37-8)17-15-27/h9-24,35H,1-8H3/t24-,38-/m0/s1. The van der Waals surface area contributed by atoms with Crippen LogP contribution in [0.3, 0.4) is 0 Å². The lowest BCUT2D eigenvalue weighted by molar-refractivity contribution is 0.415. The summed E-state index contributed by atoms with van der Waals surface area (Å²) in [6, 6.07) is 25.1. The lowest BCUT2D eigenvalue weighted by Crippen LogP contribution is -2.14. The monoisotopic (exact) mass is 527 g/mol. The number of methoxy groups -OCH3 is 1. The van der Waals surface area contributed by atoms with Crippen molar-refractivity contribution in [2.75, 3.05) is 12.4 Å². The fraction of sp³-hybridized carbons (Fsp3) is 0.353. The summed E-state index contributed by atoms with van der Waals surface area (Å²) in [6.07, 6.45) is 0. The van der Waals surface area contributed by atoms with E-state index in [1.807, 2.05) is 36.4 Å². The van der Waals surface area contributed by atoms with Crippen LogP contribution in [0.5, 0.6) is 5.75 Å². The fourth-order valence-electron chi connectivity index (χ4n) is 5.03. The van der Waals surface area contributed by atoms with Gasteiger partial charge >= 0.3 is 0 Å². The van der Waals surface area contributed by atoms with Gasteiger partial charge in [-0.15, -0.1) is 0 Å². The SMILES string of the molecule is COc1ccc(N[C@@H](C)c2ccc3ccccc3c2[S@](=O)c2c(C(C)C)cc(C(C)C)cc2C(C)C)cc1. The summed E-state index contributed by atoms with van der Waals surface area (Å²) in [4.78, 5) is 1.88. The Morgan fingerprint density at radius 2 is 1.29 bits per heavy atom. The van der Waals surface area contributed by atoms with E-state index in [2.05, 4.69) is 90.2 Å². The maximum atomic E-state index is 14.9. The van der Waals surface area contributed by atoms with Crippen molar-refractivity contribution >= 4 is 27.3 Å². The van der Waals surface area contributed by atoms with Crippen LogP contribution in [0, 0.1) is 0 Å². The van der Waals surface area contributed by atoms with Crippen molar-refractivity contribution in [1.82, 2.24) is 0 Å². The second kappa shape index (κ2) is 11.7. The van der Waals surface area contributed by atoms with Gasteiger partial charge in [0.25, 0.3) is 0 Å². The molecule has 0 aliphatic heterocycles. The molecule has 38 heavy (non-hydrogen) atoms. The highest BCUT2D eigenvalue weighted by Gasteiger charge is 2.26. The van der Waals surface area contributed by atoms with Crippen molar-refractivity contribution < 1.29 is 8.95 Å². The zero-order valence-corrected chi connectivity index (χ0v) is 24.8. The zero-order chi connectivity index (χ0) is 27.6. The van der Waals surface area contributed by atoms with Gasteiger partial charge < -0.3 is 10.1 Å². The molecule has 0 saturated heterocycles. The summed E-state index contributed by atoms with van der Waals surface area (Å²) in [6.45, 7) is 15.4. The van der Waals surface area contributed by atoms with Crippen LogP contribution in [0.25, 0.3) is 10.8 Å². The van der Waals surface area contributed by atoms with Crippen LogP contribution in [0.1, 0.15) is 94.5 Å². The minimum atomic E-state index is -1.36. The Hall–Kier alpha value is -3.11. The summed E-state index contributed by atoms with van der Waals surface area (Å²) >= 11 is 0. The van der Waals surface area contributed by atoms with Crippen LogP contribution >= 0.6 is 0 Å². The third-order valence-corrected chi connectivity index (χ3v) is 8.97. The molecule has 0 aromatic heterocycles. The largest absolute Gasteiger partial charge is 0.497 e. The molecular formula is C34H41NO2S. The third-order valence-electron chi connectivity index (χ3n) is 7.30. The molecule has 0 aliphatic rings. The molecule has 0 spiro atoms. The van der Waals surface area contributed by atoms with E-state index < -0.39 is 10.8 Å². The molecule has 0 amide bonds. The Morgan fingerprint density at radius 1 is 0.684 bits per heavy atom. The van der Waals surface area contributed by atoms with E-state index in [4.69, 9.17) is 4.74 Å². The second-order valence-electron chi connectivity index (χ2n) is 11.1. The number of anilines is 1. The summed E-state index contributed by atoms with van der Waals surface area (Å²) in [5.41, 5.74) is 5.73. The molecule has 4 rings (SSSR count). The Labute approximate surface area is 231 Å². The van der Waals surface area contributed by atoms with Crippen LogP contribution in [0.4, 0.5) is 5.69 Å². The molecule has 0 unspecified atom stereocenters. The molecule has 0 bridgehead atoms. The first-order chi connectivity index (χ1) is 18.1. The van der Waals surface area contributed by atoms with E-state index in [1.165, 1.54) is 16.7 Å². The van der Waals surface area contributed by atoms with Crippen LogP contribution in [-0.4, -0.2) is 11.3 Å². The molecule has 0 heterocycles. The number of fused-ring (bicyclic) bond motifs is 1. The Balaban J connectivity index is 1.92. The Bertz CT molecular complexity index is 1410. The van der Waals surface area contributed by atoms with Crippen LogP contribution in [0.2, 0.25) is 0 Å². The van der Waals surface area contributed by atoms with Crippen molar-refractivity contribution in [3.63, 3.8) is 0 Å². The highest BCUT2D eigenvalue weighted by molar-refractivity contribution is 7.85. The summed E-state index contributed by atoms with van der Waals surface area (Å²) in [5, 5.41) is 5.78. The van der Waals surface area contributed by atoms with Crippen molar-refractivity contribution in [2.24, 2.45) is 0 Å². The van der Waals surface area contributed by atoms with E-state index >= 15 is 0 Å². The van der Waals surface area contributed by atoms with Crippen molar-refractivity contribution in [3.8, 4) is 5.75 Å². The first-order valence-electron chi connectivity index (χ1n) is 13.6. The normalized spacial score (nSPS) is 13.3. The predicted molar refractivity (Wildman–Crippen MR) is 162 cm³/mol. The van der Waals surface area contributed by atoms with E-state index in [-0.39, 0.29) is 17.9 Å². The average Bonchev–Trinajstić information content (AvgIpc) is 2.91. The average molecular weight is 528 g/mol. The molecule has 4 heteroatoms. The van der Waals surface area contributed by atoms with Gasteiger partial charge in [-0.2, -0.15) is 0 Å². The molecule has 3 nitrogen and oxygen atoms in total. The zero-order valence-electron chi connectivity index (χ0n) is 24.0. The van der Waals surface area contributed by atoms with Gasteiger partial charge in [0.2, 0.25) is 0 Å². The number of rotatable bonds is 9. The molecule has 0 aliphatic carbocycles. The van der Waals surface area contributed by atoms with Gasteiger partial charge in [0.15, 0.2) is 0 Å². The lowest BCUT2D eigenvalue weighted by Gasteiger charge is -2.25. The first kappa shape index (κ1) is 27.9. The third kappa shape index (κ3) is 5.66. The number of ether oxygens (including phenoxy) is 1. The van der Waals surface area contributed by atoms with Gasteiger partial charge in [-0.25, -0.2) is 4.21 Å². The summed E-state index contributed by atoms with van der Waals surface area (Å²) in [7, 11) is 0.311. The number of nitrogens with one attached hydrogen (secondary N) is 1. The lowest BCUT2D eigenvalue weighted by atomic mass is 9.89. The fourth-order valence-corrected chi connectivity index (χ4v) is 7.09. The minimum Gasteiger partial charge on any atom is -0.497 e. The van der Waals surface area contributed by atoms with Crippen molar-refractivity contribution in [1.29, 1.82) is 0 Å². The van der Waals surface area contributed by atoms with Gasteiger partial charge in [-0.3, -0.25) is 0 Å². The van der Waals surface area contributed by atoms with Crippen molar-refractivity contribution in [3.05, 3.63) is 95.1 Å². The number of hydrogen-bond acceptors (Lipinski definition) is 3. The van der Waals surface area contributed by atoms with Gasteiger partial charge in [0.05, 0.1) is 27.7 Å². The molecular weight excluding hydrogens is 486 g/mol. The smallest absolute Gasteiger partial charge is 0.119 e. The molecule has 200 valence electrons. The molecule has 0 saturated carbocycles. The van der Waals surface area contributed by atoms with Gasteiger partial charge in [-0.05, 0) is 82.0 Å². The maximum absolute atomic E-state index is 14.9. The molecule has 4 aromatic rings. The molecule has 0 fully saturated rings. The van der Waals surface area contributed by atoms with Crippen LogP contribution < -0.4 is 10.1 Å². The molecule has 0 radical (unpaired) electrons. The molecule has 4 aromatic carbocycles. The van der Waals surface area contributed by atoms with E-state index in [0.29, 0.717) is 5.92 Å². The van der Waals surface area contributed by atoms with E-state index in [9.17, 15) is 4.21 Å². The van der Waals surface area contributed by atoms with E-state index in [0.717, 1.165) is 37.6 Å². The topological polar surface area (TPSA) is 38.3 Å². The van der Waals surface area contributed by atoms with E-state index in [1.54, 1.807) is 7.11 Å². The number of hydrogen-bond donors (Lipinski definition) is 1. The summed E-state index contributed by atoms with van der Waals surface area (Å²) < 4.78 is 20.2. The second-order valence-corrected chi connectivity index (χ2v) is 12.4. The van der Waals surface area contributed by atoms with Crippen molar-refractivity contribution in [2.45, 2.75) is 82.1 Å². The summed E-state index contributed by atoms with van der Waals surface area (Å²) in [5.74, 6) is 1.76. The highest BCUT2D eigenvalue weighted by Crippen LogP contribution is 2.40. The highest BCUT2D eigenvalue weighted by atomic mass is 32.2. The Morgan fingerprint density at radius 3 is 1.84 bits per heavy atom. The quantitative estimate of drug-likeness (QED) is 0.235. The molecule has 2 atom stereocenters. The predicted octanol–water partition coefficient (Wildman–Crippen LogP) is 9.56. The Kier molecular flexibility index (Phi) is 8.62. The van der Waals surface area contributed by atoms with Crippen LogP contribution in [0.15, 0.2) is 82.6 Å². The first-order valence-corrected chi connectivity index (χ1v) is 14.8. The van der Waals surface area contributed by atoms with Gasteiger partial charge in [0, 0.05) is 11.7 Å².